The first-order valence-electron chi connectivity index (χ1n) is 10.6. The third kappa shape index (κ3) is 5.31. The average Bonchev–Trinajstić information content (AvgIpc) is 3.23. The van der Waals surface area contributed by atoms with Crippen LogP contribution >= 0.6 is 0 Å². The molecule has 1 heterocycles. The Morgan fingerprint density at radius 3 is 2.33 bits per heavy atom. The Morgan fingerprint density at radius 2 is 1.64 bits per heavy atom. The summed E-state index contributed by atoms with van der Waals surface area (Å²) in [4.78, 5) is 16.1. The minimum Gasteiger partial charge on any atom is -0.361 e. The predicted molar refractivity (Wildman–Crippen MR) is 130 cm³/mol. The van der Waals surface area contributed by atoms with E-state index in [1.165, 1.54) is 24.3 Å². The van der Waals surface area contributed by atoms with Crippen LogP contribution in [0.15, 0.2) is 90.0 Å². The third-order valence-electron chi connectivity index (χ3n) is 5.67. The number of nitrogens with one attached hydrogen (secondary N) is 3. The smallest absolute Gasteiger partial charge is 0.241 e. The highest BCUT2D eigenvalue weighted by molar-refractivity contribution is 7.89. The number of fused-ring (bicyclic) bond motifs is 1. The number of anilines is 1. The molecule has 0 fully saturated rings. The van der Waals surface area contributed by atoms with Gasteiger partial charge < -0.3 is 15.6 Å². The Morgan fingerprint density at radius 1 is 0.970 bits per heavy atom. The van der Waals surface area contributed by atoms with Gasteiger partial charge in [0, 0.05) is 35.2 Å². The molecule has 7 nitrogen and oxygen atoms in total. The Hall–Kier alpha value is -3.46. The maximum absolute atomic E-state index is 12.7. The van der Waals surface area contributed by atoms with Gasteiger partial charge >= 0.3 is 0 Å². The molecule has 0 radical (unpaired) electrons. The van der Waals surface area contributed by atoms with Gasteiger partial charge in [0.25, 0.3) is 0 Å². The molecule has 4 rings (SSSR count). The van der Waals surface area contributed by atoms with Gasteiger partial charge in [0.05, 0.1) is 10.9 Å². The van der Waals surface area contributed by atoms with Crippen LogP contribution in [0.25, 0.3) is 10.9 Å². The fourth-order valence-corrected chi connectivity index (χ4v) is 4.36. The lowest BCUT2D eigenvalue weighted by Crippen LogP contribution is -2.40. The van der Waals surface area contributed by atoms with Gasteiger partial charge in [-0.05, 0) is 48.4 Å². The van der Waals surface area contributed by atoms with Crippen LogP contribution in [0.3, 0.4) is 0 Å². The molecule has 2 atom stereocenters. The molecular weight excluding hydrogens is 436 g/mol. The summed E-state index contributed by atoms with van der Waals surface area (Å²) in [6.07, 6.45) is 2.03. The number of hydrogen-bond donors (Lipinski definition) is 4. The summed E-state index contributed by atoms with van der Waals surface area (Å²) in [5, 5.41) is 12.4. The quantitative estimate of drug-likeness (QED) is 0.320. The number of H-pyrrole nitrogens is 1. The van der Waals surface area contributed by atoms with Crippen molar-refractivity contribution in [2.24, 2.45) is 5.14 Å². The average molecular weight is 463 g/mol. The summed E-state index contributed by atoms with van der Waals surface area (Å²) in [5.74, 6) is -0.171. The number of rotatable bonds is 8. The van der Waals surface area contributed by atoms with Crippen molar-refractivity contribution in [2.45, 2.75) is 23.8 Å². The standard InChI is InChI=1S/C25H26N4O3S/c1-17(25(30)29-19-11-13-20(14-12-19)33(26,31)32)27-15-22(18-7-3-2-4-8-18)23-16-28-24-10-6-5-9-21(23)24/h2-14,16-17,22,27-28H,15H2,1H3,(H,29,30)(H2,26,31,32). The van der Waals surface area contributed by atoms with Crippen LogP contribution in [0, 0.1) is 0 Å². The van der Waals surface area contributed by atoms with Crippen molar-refractivity contribution in [3.8, 4) is 0 Å². The Kier molecular flexibility index (Phi) is 6.60. The molecule has 0 spiro atoms. The SMILES string of the molecule is CC(NCC(c1ccccc1)c1c[nH]c2ccccc12)C(=O)Nc1ccc(S(N)(=O)=O)cc1. The summed E-state index contributed by atoms with van der Waals surface area (Å²) < 4.78 is 22.8. The highest BCUT2D eigenvalue weighted by Crippen LogP contribution is 2.30. The summed E-state index contributed by atoms with van der Waals surface area (Å²) in [6.45, 7) is 2.36. The van der Waals surface area contributed by atoms with Crippen LogP contribution in [0.5, 0.6) is 0 Å². The maximum Gasteiger partial charge on any atom is 0.241 e. The van der Waals surface area contributed by atoms with Gasteiger partial charge in [-0.25, -0.2) is 13.6 Å². The molecule has 1 amide bonds. The van der Waals surface area contributed by atoms with Gasteiger partial charge in [-0.15, -0.1) is 0 Å². The second kappa shape index (κ2) is 9.58. The van der Waals surface area contributed by atoms with Gasteiger partial charge in [0.15, 0.2) is 0 Å². The van der Waals surface area contributed by atoms with Crippen LogP contribution in [0.2, 0.25) is 0 Å². The monoisotopic (exact) mass is 462 g/mol. The van der Waals surface area contributed by atoms with E-state index in [0.717, 1.165) is 22.0 Å². The van der Waals surface area contributed by atoms with Crippen LogP contribution < -0.4 is 15.8 Å². The second-order valence-corrected chi connectivity index (χ2v) is 9.50. The van der Waals surface area contributed by atoms with E-state index < -0.39 is 16.1 Å². The van der Waals surface area contributed by atoms with Crippen molar-refractivity contribution in [2.75, 3.05) is 11.9 Å². The molecule has 0 aliphatic rings. The number of sulfonamides is 1. The molecule has 3 aromatic carbocycles. The highest BCUT2D eigenvalue weighted by atomic mass is 32.2. The normalized spacial score (nSPS) is 13.5. The van der Waals surface area contributed by atoms with E-state index in [1.54, 1.807) is 6.92 Å². The summed E-state index contributed by atoms with van der Waals surface area (Å²) in [7, 11) is -3.77. The van der Waals surface area contributed by atoms with Crippen molar-refractivity contribution in [1.29, 1.82) is 0 Å². The van der Waals surface area contributed by atoms with E-state index >= 15 is 0 Å². The van der Waals surface area contributed by atoms with E-state index in [4.69, 9.17) is 5.14 Å². The number of aromatic nitrogens is 1. The van der Waals surface area contributed by atoms with E-state index in [9.17, 15) is 13.2 Å². The molecular formula is C25H26N4O3S. The van der Waals surface area contributed by atoms with Gasteiger partial charge in [-0.2, -0.15) is 0 Å². The topological polar surface area (TPSA) is 117 Å². The molecule has 33 heavy (non-hydrogen) atoms. The number of primary sulfonamides is 1. The van der Waals surface area contributed by atoms with Gasteiger partial charge in [-0.1, -0.05) is 48.5 Å². The molecule has 0 saturated heterocycles. The molecule has 0 aliphatic carbocycles. The fraction of sp³-hybridized carbons (Fsp3) is 0.160. The number of hydrogen-bond acceptors (Lipinski definition) is 4. The number of amides is 1. The first-order chi connectivity index (χ1) is 15.8. The van der Waals surface area contributed by atoms with Crippen molar-refractivity contribution in [3.63, 3.8) is 0 Å². The predicted octanol–water partition coefficient (Wildman–Crippen LogP) is 3.56. The molecule has 0 aliphatic heterocycles. The lowest BCUT2D eigenvalue weighted by atomic mass is 9.90. The zero-order valence-corrected chi connectivity index (χ0v) is 19.0. The molecule has 170 valence electrons. The number of benzene rings is 3. The van der Waals surface area contributed by atoms with E-state index in [0.29, 0.717) is 12.2 Å². The molecule has 0 saturated carbocycles. The first kappa shape index (κ1) is 22.7. The van der Waals surface area contributed by atoms with Crippen LogP contribution in [0.1, 0.15) is 24.0 Å². The van der Waals surface area contributed by atoms with E-state index in [1.807, 2.05) is 42.6 Å². The van der Waals surface area contributed by atoms with Gasteiger partial charge in [0.2, 0.25) is 15.9 Å². The second-order valence-electron chi connectivity index (χ2n) is 7.94. The number of aromatic amines is 1. The number of para-hydroxylation sites is 1. The third-order valence-corrected chi connectivity index (χ3v) is 6.60. The van der Waals surface area contributed by atoms with Gasteiger partial charge in [-0.3, -0.25) is 4.79 Å². The van der Waals surface area contributed by atoms with Crippen molar-refractivity contribution in [1.82, 2.24) is 10.3 Å². The zero-order valence-electron chi connectivity index (χ0n) is 18.2. The summed E-state index contributed by atoms with van der Waals surface area (Å²) >= 11 is 0. The van der Waals surface area contributed by atoms with Crippen LogP contribution in [0.4, 0.5) is 5.69 Å². The van der Waals surface area contributed by atoms with Gasteiger partial charge in [0.1, 0.15) is 0 Å². The largest absolute Gasteiger partial charge is 0.361 e. The van der Waals surface area contributed by atoms with E-state index in [-0.39, 0.29) is 16.7 Å². The van der Waals surface area contributed by atoms with E-state index in [2.05, 4.69) is 33.8 Å². The van der Waals surface area contributed by atoms with Crippen molar-refractivity contribution >= 4 is 32.5 Å². The number of carbonyl (C=O) groups excluding carboxylic acids is 1. The van der Waals surface area contributed by atoms with Crippen LogP contribution in [-0.2, 0) is 14.8 Å². The Balaban J connectivity index is 1.48. The summed E-state index contributed by atoms with van der Waals surface area (Å²) in [5.41, 5.74) is 3.89. The Labute approximate surface area is 193 Å². The lowest BCUT2D eigenvalue weighted by Gasteiger charge is -2.21. The van der Waals surface area contributed by atoms with Crippen molar-refractivity contribution in [3.05, 3.63) is 96.2 Å². The highest BCUT2D eigenvalue weighted by Gasteiger charge is 2.21. The molecule has 4 aromatic rings. The minimum atomic E-state index is -3.77. The van der Waals surface area contributed by atoms with Crippen LogP contribution in [-0.4, -0.2) is 31.9 Å². The molecule has 8 heteroatoms. The number of nitrogens with two attached hydrogens (primary N) is 1. The maximum atomic E-state index is 12.7. The molecule has 1 aromatic heterocycles. The molecule has 0 bridgehead atoms. The Bertz CT molecular complexity index is 1350. The molecule has 5 N–H and O–H groups in total. The lowest BCUT2D eigenvalue weighted by molar-refractivity contribution is -0.117. The first-order valence-corrected chi connectivity index (χ1v) is 12.2. The number of carbonyl (C=O) groups is 1. The van der Waals surface area contributed by atoms with Crippen molar-refractivity contribution < 1.29 is 13.2 Å². The zero-order chi connectivity index (χ0) is 23.4. The minimum absolute atomic E-state index is 0.00361. The summed E-state index contributed by atoms with van der Waals surface area (Å²) in [6, 6.07) is 23.6. The fourth-order valence-electron chi connectivity index (χ4n) is 3.84. The molecule has 2 unspecified atom stereocenters.